The minimum Gasteiger partial charge on any atom is -0.312 e. The molecule has 0 amide bonds. The number of likely N-dealkylation sites (tertiary alicyclic amines) is 1. The summed E-state index contributed by atoms with van der Waals surface area (Å²) in [5, 5.41) is 3.52. The van der Waals surface area contributed by atoms with E-state index in [1.807, 2.05) is 0 Å². The summed E-state index contributed by atoms with van der Waals surface area (Å²) in [5.41, 5.74) is 0. The van der Waals surface area contributed by atoms with E-state index in [-0.39, 0.29) is 0 Å². The van der Waals surface area contributed by atoms with Crippen molar-refractivity contribution in [3.05, 3.63) is 0 Å². The minimum atomic E-state index is 0.666. The Balaban J connectivity index is 1.94. The molecular weight excluding hydrogens is 186 g/mol. The second-order valence-electron chi connectivity index (χ2n) is 4.96. The molecule has 0 spiro atoms. The number of piperidine rings is 1. The molecular formula is C12H25N3. The van der Waals surface area contributed by atoms with Crippen LogP contribution in [0, 0.1) is 0 Å². The summed E-state index contributed by atoms with van der Waals surface area (Å²) in [6, 6.07) is 0.666. The second-order valence-corrected chi connectivity index (χ2v) is 4.96. The average Bonchev–Trinajstić information content (AvgIpc) is 2.29. The van der Waals surface area contributed by atoms with Crippen molar-refractivity contribution in [2.24, 2.45) is 0 Å². The Morgan fingerprint density at radius 3 is 2.87 bits per heavy atom. The first-order valence-electron chi connectivity index (χ1n) is 6.52. The van der Waals surface area contributed by atoms with Gasteiger partial charge >= 0.3 is 0 Å². The summed E-state index contributed by atoms with van der Waals surface area (Å²) in [5.74, 6) is 0. The lowest BCUT2D eigenvalue weighted by Crippen LogP contribution is -2.58. The Kier molecular flexibility index (Phi) is 4.00. The summed E-state index contributed by atoms with van der Waals surface area (Å²) >= 11 is 0. The topological polar surface area (TPSA) is 18.5 Å². The zero-order valence-corrected chi connectivity index (χ0v) is 10.2. The number of hydrogen-bond donors (Lipinski definition) is 1. The van der Waals surface area contributed by atoms with Gasteiger partial charge in [-0.15, -0.1) is 0 Å². The van der Waals surface area contributed by atoms with Gasteiger partial charge in [0.2, 0.25) is 0 Å². The average molecular weight is 211 g/mol. The zero-order valence-electron chi connectivity index (χ0n) is 10.2. The lowest BCUT2D eigenvalue weighted by Gasteiger charge is -2.45. The zero-order chi connectivity index (χ0) is 10.7. The van der Waals surface area contributed by atoms with Crippen LogP contribution in [0.25, 0.3) is 0 Å². The van der Waals surface area contributed by atoms with Crippen LogP contribution in [0.3, 0.4) is 0 Å². The molecule has 1 N–H and O–H groups in total. The van der Waals surface area contributed by atoms with Gasteiger partial charge in [-0.1, -0.05) is 6.92 Å². The molecule has 2 heterocycles. The maximum absolute atomic E-state index is 3.52. The highest BCUT2D eigenvalue weighted by molar-refractivity contribution is 4.83. The highest BCUT2D eigenvalue weighted by atomic mass is 15.4. The van der Waals surface area contributed by atoms with E-state index in [9.17, 15) is 0 Å². The lowest BCUT2D eigenvalue weighted by molar-refractivity contribution is 0.00238. The molecule has 2 unspecified atom stereocenters. The normalized spacial score (nSPS) is 35.6. The summed E-state index contributed by atoms with van der Waals surface area (Å²) in [4.78, 5) is 5.34. The highest BCUT2D eigenvalue weighted by Gasteiger charge is 2.29. The molecule has 88 valence electrons. The molecule has 15 heavy (non-hydrogen) atoms. The lowest BCUT2D eigenvalue weighted by atomic mass is 10.1. The Morgan fingerprint density at radius 2 is 2.13 bits per heavy atom. The van der Waals surface area contributed by atoms with Crippen molar-refractivity contribution in [1.82, 2.24) is 15.1 Å². The molecule has 0 radical (unpaired) electrons. The van der Waals surface area contributed by atoms with Gasteiger partial charge in [-0.25, -0.2) is 0 Å². The molecule has 0 aromatic rings. The van der Waals surface area contributed by atoms with Gasteiger partial charge in [-0.05, 0) is 39.3 Å². The van der Waals surface area contributed by atoms with Crippen LogP contribution in [0.1, 0.15) is 33.1 Å². The van der Waals surface area contributed by atoms with Crippen LogP contribution in [0.4, 0.5) is 0 Å². The van der Waals surface area contributed by atoms with Crippen LogP contribution < -0.4 is 5.32 Å². The standard InChI is InChI=1S/C12H25N3/c1-3-14-8-5-4-6-12(14)15-9-7-13-11(2)10-15/h11-13H,3-10H2,1-2H3. The fourth-order valence-corrected chi connectivity index (χ4v) is 2.99. The molecule has 3 nitrogen and oxygen atoms in total. The fourth-order valence-electron chi connectivity index (χ4n) is 2.99. The molecule has 2 rings (SSSR count). The van der Waals surface area contributed by atoms with Crippen molar-refractivity contribution < 1.29 is 0 Å². The molecule has 2 aliphatic heterocycles. The predicted octanol–water partition coefficient (Wildman–Crippen LogP) is 1.11. The van der Waals surface area contributed by atoms with Crippen molar-refractivity contribution in [1.29, 1.82) is 0 Å². The molecule has 0 aromatic heterocycles. The van der Waals surface area contributed by atoms with Crippen molar-refractivity contribution in [3.63, 3.8) is 0 Å². The second kappa shape index (κ2) is 5.28. The molecule has 2 atom stereocenters. The Hall–Kier alpha value is -0.120. The van der Waals surface area contributed by atoms with Gasteiger partial charge in [0, 0.05) is 25.7 Å². The van der Waals surface area contributed by atoms with E-state index in [0.29, 0.717) is 6.04 Å². The molecule has 0 aliphatic carbocycles. The van der Waals surface area contributed by atoms with Gasteiger partial charge in [0.25, 0.3) is 0 Å². The van der Waals surface area contributed by atoms with Crippen LogP contribution >= 0.6 is 0 Å². The SMILES string of the molecule is CCN1CCCCC1N1CCNC(C)C1. The molecule has 2 fully saturated rings. The Bertz CT molecular complexity index is 195. The van der Waals surface area contributed by atoms with E-state index in [2.05, 4.69) is 29.0 Å². The van der Waals surface area contributed by atoms with Gasteiger partial charge in [-0.2, -0.15) is 0 Å². The number of piperazine rings is 1. The first kappa shape index (κ1) is 11.4. The van der Waals surface area contributed by atoms with Crippen molar-refractivity contribution in [2.75, 3.05) is 32.7 Å². The number of rotatable bonds is 2. The summed E-state index contributed by atoms with van der Waals surface area (Å²) < 4.78 is 0. The van der Waals surface area contributed by atoms with Crippen LogP contribution in [-0.4, -0.2) is 54.7 Å². The highest BCUT2D eigenvalue weighted by Crippen LogP contribution is 2.20. The van der Waals surface area contributed by atoms with Crippen LogP contribution in [-0.2, 0) is 0 Å². The maximum atomic E-state index is 3.52. The minimum absolute atomic E-state index is 0.666. The van der Waals surface area contributed by atoms with E-state index in [1.54, 1.807) is 0 Å². The van der Waals surface area contributed by atoms with Gasteiger partial charge < -0.3 is 5.32 Å². The Morgan fingerprint density at radius 1 is 1.27 bits per heavy atom. The maximum Gasteiger partial charge on any atom is 0.0623 e. The largest absolute Gasteiger partial charge is 0.312 e. The Labute approximate surface area is 93.8 Å². The van der Waals surface area contributed by atoms with Crippen LogP contribution in [0.2, 0.25) is 0 Å². The van der Waals surface area contributed by atoms with Gasteiger partial charge in [0.1, 0.15) is 0 Å². The molecule has 0 saturated carbocycles. The molecule has 2 aliphatic rings. The summed E-state index contributed by atoms with van der Waals surface area (Å²) in [6.45, 7) is 10.7. The van der Waals surface area contributed by atoms with E-state index < -0.39 is 0 Å². The quantitative estimate of drug-likeness (QED) is 0.738. The summed E-state index contributed by atoms with van der Waals surface area (Å²) in [7, 11) is 0. The molecule has 2 saturated heterocycles. The van der Waals surface area contributed by atoms with E-state index in [1.165, 1.54) is 45.4 Å². The third-order valence-electron chi connectivity index (χ3n) is 3.81. The first-order chi connectivity index (χ1) is 7.31. The monoisotopic (exact) mass is 211 g/mol. The molecule has 0 bridgehead atoms. The first-order valence-corrected chi connectivity index (χ1v) is 6.52. The third kappa shape index (κ3) is 2.71. The number of hydrogen-bond acceptors (Lipinski definition) is 3. The van der Waals surface area contributed by atoms with Crippen LogP contribution in [0.5, 0.6) is 0 Å². The van der Waals surface area contributed by atoms with E-state index in [0.717, 1.165) is 12.7 Å². The third-order valence-corrected chi connectivity index (χ3v) is 3.81. The molecule has 3 heteroatoms. The van der Waals surface area contributed by atoms with E-state index >= 15 is 0 Å². The number of nitrogens with one attached hydrogen (secondary N) is 1. The van der Waals surface area contributed by atoms with Crippen molar-refractivity contribution in [2.45, 2.75) is 45.3 Å². The van der Waals surface area contributed by atoms with Gasteiger partial charge in [0.15, 0.2) is 0 Å². The van der Waals surface area contributed by atoms with Crippen molar-refractivity contribution >= 4 is 0 Å². The molecule has 0 aromatic carbocycles. The van der Waals surface area contributed by atoms with Gasteiger partial charge in [0.05, 0.1) is 6.17 Å². The smallest absolute Gasteiger partial charge is 0.0623 e. The van der Waals surface area contributed by atoms with Crippen molar-refractivity contribution in [3.8, 4) is 0 Å². The van der Waals surface area contributed by atoms with E-state index in [4.69, 9.17) is 0 Å². The fraction of sp³-hybridized carbons (Fsp3) is 1.00. The van der Waals surface area contributed by atoms with Gasteiger partial charge in [-0.3, -0.25) is 9.80 Å². The summed E-state index contributed by atoms with van der Waals surface area (Å²) in [6.07, 6.45) is 4.92. The number of nitrogens with zero attached hydrogens (tertiary/aromatic N) is 2. The predicted molar refractivity (Wildman–Crippen MR) is 63.9 cm³/mol. The van der Waals surface area contributed by atoms with Crippen LogP contribution in [0.15, 0.2) is 0 Å².